The van der Waals surface area contributed by atoms with Gasteiger partial charge in [0.15, 0.2) is 0 Å². The van der Waals surface area contributed by atoms with E-state index in [2.05, 4.69) is 32.9 Å². The molecule has 0 fully saturated rings. The van der Waals surface area contributed by atoms with E-state index in [1.165, 1.54) is 0 Å². The van der Waals surface area contributed by atoms with Gasteiger partial charge in [0.2, 0.25) is 10.0 Å². The fourth-order valence-corrected chi connectivity index (χ4v) is 3.42. The van der Waals surface area contributed by atoms with E-state index in [1.807, 2.05) is 31.2 Å². The van der Waals surface area contributed by atoms with Crippen molar-refractivity contribution in [2.45, 2.75) is 32.7 Å². The molecule has 6 heteroatoms. The molecule has 1 aromatic carbocycles. The van der Waals surface area contributed by atoms with Crippen LogP contribution in [0.3, 0.4) is 0 Å². The van der Waals surface area contributed by atoms with Crippen molar-refractivity contribution in [2.75, 3.05) is 18.8 Å². The number of hydrogen-bond acceptors (Lipinski definition) is 3. The summed E-state index contributed by atoms with van der Waals surface area (Å²) < 4.78 is 27.6. The summed E-state index contributed by atoms with van der Waals surface area (Å²) in [5, 5.41) is 3.20. The summed E-state index contributed by atoms with van der Waals surface area (Å²) in [6.07, 6.45) is 1.69. The number of rotatable bonds is 9. The summed E-state index contributed by atoms with van der Waals surface area (Å²) >= 11 is 3.37. The Kier molecular flexibility index (Phi) is 7.72. The van der Waals surface area contributed by atoms with Crippen LogP contribution in [-0.4, -0.2) is 27.3 Å². The molecule has 0 spiro atoms. The van der Waals surface area contributed by atoms with Crippen LogP contribution in [0.2, 0.25) is 0 Å². The second kappa shape index (κ2) is 8.77. The van der Waals surface area contributed by atoms with Gasteiger partial charge in [-0.2, -0.15) is 0 Å². The van der Waals surface area contributed by atoms with Gasteiger partial charge in [0.25, 0.3) is 0 Å². The SMILES string of the molecule is CCCNCCCS(=O)(=O)NC(C)c1ccc(Br)cc1. The molecule has 0 saturated heterocycles. The summed E-state index contributed by atoms with van der Waals surface area (Å²) in [7, 11) is -3.23. The average molecular weight is 363 g/mol. The van der Waals surface area contributed by atoms with Gasteiger partial charge < -0.3 is 5.32 Å². The lowest BCUT2D eigenvalue weighted by Crippen LogP contribution is -2.30. The van der Waals surface area contributed by atoms with E-state index in [0.717, 1.165) is 29.5 Å². The Bertz CT molecular complexity index is 488. The van der Waals surface area contributed by atoms with E-state index in [-0.39, 0.29) is 11.8 Å². The molecule has 1 atom stereocenters. The van der Waals surface area contributed by atoms with Crippen LogP contribution in [-0.2, 0) is 10.0 Å². The molecule has 0 bridgehead atoms. The van der Waals surface area contributed by atoms with Gasteiger partial charge in [0, 0.05) is 10.5 Å². The molecular weight excluding hydrogens is 340 g/mol. The van der Waals surface area contributed by atoms with Crippen molar-refractivity contribution in [3.05, 3.63) is 34.3 Å². The van der Waals surface area contributed by atoms with Crippen LogP contribution in [0.15, 0.2) is 28.7 Å². The van der Waals surface area contributed by atoms with Crippen LogP contribution in [0.4, 0.5) is 0 Å². The molecule has 0 saturated carbocycles. The highest BCUT2D eigenvalue weighted by atomic mass is 79.9. The average Bonchev–Trinajstić information content (AvgIpc) is 2.38. The molecule has 1 aromatic rings. The molecule has 4 nitrogen and oxygen atoms in total. The Morgan fingerprint density at radius 2 is 1.85 bits per heavy atom. The van der Waals surface area contributed by atoms with Crippen LogP contribution < -0.4 is 10.0 Å². The molecule has 2 N–H and O–H groups in total. The van der Waals surface area contributed by atoms with Crippen molar-refractivity contribution in [1.82, 2.24) is 10.0 Å². The standard InChI is InChI=1S/C14H23BrN2O2S/c1-3-9-16-10-4-11-20(18,19)17-12(2)13-5-7-14(15)8-6-13/h5-8,12,16-17H,3-4,9-11H2,1-2H3. The number of halogens is 1. The van der Waals surface area contributed by atoms with Crippen LogP contribution >= 0.6 is 15.9 Å². The molecule has 1 unspecified atom stereocenters. The molecule has 1 rings (SSSR count). The van der Waals surface area contributed by atoms with Crippen molar-refractivity contribution in [3.8, 4) is 0 Å². The van der Waals surface area contributed by atoms with Gasteiger partial charge in [-0.25, -0.2) is 13.1 Å². The van der Waals surface area contributed by atoms with Gasteiger partial charge in [0.05, 0.1) is 5.75 Å². The summed E-state index contributed by atoms with van der Waals surface area (Å²) in [6.45, 7) is 5.62. The van der Waals surface area contributed by atoms with Gasteiger partial charge in [-0.05, 0) is 50.6 Å². The first-order valence-corrected chi connectivity index (χ1v) is 9.35. The van der Waals surface area contributed by atoms with Crippen LogP contribution in [0.5, 0.6) is 0 Å². The van der Waals surface area contributed by atoms with Gasteiger partial charge >= 0.3 is 0 Å². The minimum Gasteiger partial charge on any atom is -0.317 e. The summed E-state index contributed by atoms with van der Waals surface area (Å²) in [5.41, 5.74) is 0.959. The highest BCUT2D eigenvalue weighted by Crippen LogP contribution is 2.17. The third kappa shape index (κ3) is 6.83. The summed E-state index contributed by atoms with van der Waals surface area (Å²) in [5.74, 6) is 0.157. The first-order chi connectivity index (χ1) is 9.44. The van der Waals surface area contributed by atoms with Crippen molar-refractivity contribution in [2.24, 2.45) is 0 Å². The van der Waals surface area contributed by atoms with Gasteiger partial charge in [-0.3, -0.25) is 0 Å². The Morgan fingerprint density at radius 3 is 2.45 bits per heavy atom. The molecule has 114 valence electrons. The molecule has 0 heterocycles. The molecule has 0 aliphatic heterocycles. The van der Waals surface area contributed by atoms with Crippen LogP contribution in [0, 0.1) is 0 Å². The Balaban J connectivity index is 2.43. The Hall–Kier alpha value is -0.430. The van der Waals surface area contributed by atoms with Crippen LogP contribution in [0.25, 0.3) is 0 Å². The molecule has 0 radical (unpaired) electrons. The monoisotopic (exact) mass is 362 g/mol. The zero-order chi connectivity index (χ0) is 15.0. The largest absolute Gasteiger partial charge is 0.317 e. The highest BCUT2D eigenvalue weighted by Gasteiger charge is 2.15. The molecule has 0 aliphatic carbocycles. The first-order valence-electron chi connectivity index (χ1n) is 6.91. The minimum atomic E-state index is -3.23. The quantitative estimate of drug-likeness (QED) is 0.664. The second-order valence-electron chi connectivity index (χ2n) is 4.81. The number of sulfonamides is 1. The lowest BCUT2D eigenvalue weighted by atomic mass is 10.1. The summed E-state index contributed by atoms with van der Waals surface area (Å²) in [6, 6.07) is 7.45. The van der Waals surface area contributed by atoms with E-state index < -0.39 is 10.0 Å². The van der Waals surface area contributed by atoms with E-state index in [0.29, 0.717) is 6.42 Å². The van der Waals surface area contributed by atoms with Crippen LogP contribution in [0.1, 0.15) is 38.3 Å². The minimum absolute atomic E-state index is 0.157. The molecule has 20 heavy (non-hydrogen) atoms. The molecule has 0 aliphatic rings. The fourth-order valence-electron chi connectivity index (χ4n) is 1.84. The lowest BCUT2D eigenvalue weighted by molar-refractivity contribution is 0.561. The van der Waals surface area contributed by atoms with Gasteiger partial charge in [-0.15, -0.1) is 0 Å². The second-order valence-corrected chi connectivity index (χ2v) is 7.60. The predicted molar refractivity (Wildman–Crippen MR) is 87.3 cm³/mol. The predicted octanol–water partition coefficient (Wildman–Crippen LogP) is 2.82. The third-order valence-electron chi connectivity index (χ3n) is 2.92. The maximum Gasteiger partial charge on any atom is 0.212 e. The van der Waals surface area contributed by atoms with Crippen molar-refractivity contribution in [1.29, 1.82) is 0 Å². The maximum atomic E-state index is 12.0. The van der Waals surface area contributed by atoms with Crippen molar-refractivity contribution >= 4 is 26.0 Å². The number of nitrogens with one attached hydrogen (secondary N) is 2. The van der Waals surface area contributed by atoms with E-state index in [9.17, 15) is 8.42 Å². The Morgan fingerprint density at radius 1 is 1.20 bits per heavy atom. The highest BCUT2D eigenvalue weighted by molar-refractivity contribution is 9.10. The third-order valence-corrected chi connectivity index (χ3v) is 4.99. The summed E-state index contributed by atoms with van der Waals surface area (Å²) in [4.78, 5) is 0. The van der Waals surface area contributed by atoms with E-state index in [4.69, 9.17) is 0 Å². The van der Waals surface area contributed by atoms with Crippen molar-refractivity contribution < 1.29 is 8.42 Å². The van der Waals surface area contributed by atoms with Gasteiger partial charge in [-0.1, -0.05) is 35.0 Å². The first kappa shape index (κ1) is 17.6. The maximum absolute atomic E-state index is 12.0. The zero-order valence-corrected chi connectivity index (χ0v) is 14.4. The molecule has 0 amide bonds. The normalized spacial score (nSPS) is 13.3. The Labute approximate surface area is 130 Å². The lowest BCUT2D eigenvalue weighted by Gasteiger charge is -2.15. The smallest absolute Gasteiger partial charge is 0.212 e. The van der Waals surface area contributed by atoms with Gasteiger partial charge in [0.1, 0.15) is 0 Å². The van der Waals surface area contributed by atoms with E-state index >= 15 is 0 Å². The molecular formula is C14H23BrN2O2S. The van der Waals surface area contributed by atoms with E-state index in [1.54, 1.807) is 0 Å². The fraction of sp³-hybridized carbons (Fsp3) is 0.571. The number of hydrogen-bond donors (Lipinski definition) is 2. The topological polar surface area (TPSA) is 58.2 Å². The molecule has 0 aromatic heterocycles. The zero-order valence-electron chi connectivity index (χ0n) is 12.0. The number of benzene rings is 1. The van der Waals surface area contributed by atoms with Crippen molar-refractivity contribution in [3.63, 3.8) is 0 Å².